The van der Waals surface area contributed by atoms with E-state index in [2.05, 4.69) is 9.88 Å². The van der Waals surface area contributed by atoms with Crippen LogP contribution in [0.25, 0.3) is 22.0 Å². The monoisotopic (exact) mass is 431 g/mol. The smallest absolute Gasteiger partial charge is 0.348 e. The maximum Gasteiger partial charge on any atom is 0.348 e. The summed E-state index contributed by atoms with van der Waals surface area (Å²) in [4.78, 5) is 19.0. The highest BCUT2D eigenvalue weighted by atomic mass is 35.5. The lowest BCUT2D eigenvalue weighted by molar-refractivity contribution is 0.0243. The molecule has 0 aliphatic carbocycles. The van der Waals surface area contributed by atoms with Crippen molar-refractivity contribution in [2.24, 2.45) is 0 Å². The number of hydrogen-bond acceptors (Lipinski definition) is 6. The number of benzene rings is 2. The Hall–Kier alpha value is -2.68. The van der Waals surface area contributed by atoms with E-state index in [-0.39, 0.29) is 17.1 Å². The van der Waals surface area contributed by atoms with Crippen LogP contribution in [0.2, 0.25) is 0 Å². The molecule has 2 aliphatic rings. The van der Waals surface area contributed by atoms with Crippen LogP contribution in [0.5, 0.6) is 11.5 Å². The third-order valence-electron chi connectivity index (χ3n) is 5.60. The van der Waals surface area contributed by atoms with Crippen molar-refractivity contribution in [1.82, 2.24) is 14.5 Å². The zero-order valence-corrected chi connectivity index (χ0v) is 16.7. The lowest BCUT2D eigenvalue weighted by Gasteiger charge is -2.36. The first kappa shape index (κ1) is 19.3. The average molecular weight is 432 g/mol. The van der Waals surface area contributed by atoms with Crippen LogP contribution in [0.4, 0.5) is 4.39 Å². The van der Waals surface area contributed by atoms with Gasteiger partial charge < -0.3 is 14.6 Å². The van der Waals surface area contributed by atoms with Gasteiger partial charge >= 0.3 is 5.69 Å². The van der Waals surface area contributed by atoms with Crippen LogP contribution in [-0.4, -0.2) is 58.0 Å². The molecule has 2 unspecified atom stereocenters. The van der Waals surface area contributed by atoms with Gasteiger partial charge in [0.2, 0.25) is 0 Å². The van der Waals surface area contributed by atoms with E-state index in [1.165, 1.54) is 29.0 Å². The average Bonchev–Trinajstić information content (AvgIpc) is 2.74. The van der Waals surface area contributed by atoms with Crippen molar-refractivity contribution < 1.29 is 19.0 Å². The largest absolute Gasteiger partial charge is 0.507 e. The van der Waals surface area contributed by atoms with E-state index in [9.17, 15) is 14.3 Å². The molecule has 7 nitrogen and oxygen atoms in total. The van der Waals surface area contributed by atoms with Crippen molar-refractivity contribution in [2.45, 2.75) is 11.6 Å². The normalized spacial score (nSPS) is 21.5. The van der Waals surface area contributed by atoms with E-state index in [1.807, 2.05) is 0 Å². The van der Waals surface area contributed by atoms with Gasteiger partial charge in [-0.25, -0.2) is 14.2 Å². The summed E-state index contributed by atoms with van der Waals surface area (Å²) in [5.74, 6) is -0.567. The van der Waals surface area contributed by atoms with E-state index >= 15 is 0 Å². The third-order valence-corrected chi connectivity index (χ3v) is 5.98. The lowest BCUT2D eigenvalue weighted by Crippen LogP contribution is -2.46. The summed E-state index contributed by atoms with van der Waals surface area (Å²) in [6.45, 7) is 3.19. The predicted molar refractivity (Wildman–Crippen MR) is 110 cm³/mol. The molecule has 0 bridgehead atoms. The quantitative estimate of drug-likeness (QED) is 0.643. The molecule has 1 fully saturated rings. The van der Waals surface area contributed by atoms with Crippen molar-refractivity contribution in [2.75, 3.05) is 32.8 Å². The molecular formula is C21H19ClFN3O4. The Morgan fingerprint density at radius 1 is 1.23 bits per heavy atom. The van der Waals surface area contributed by atoms with Gasteiger partial charge in [-0.15, -0.1) is 0 Å². The first-order valence-electron chi connectivity index (χ1n) is 9.67. The number of rotatable bonds is 3. The number of halogens is 2. The zero-order chi connectivity index (χ0) is 20.8. The molecule has 2 aliphatic heterocycles. The second kappa shape index (κ2) is 7.54. The van der Waals surface area contributed by atoms with Crippen LogP contribution < -0.4 is 10.4 Å². The van der Waals surface area contributed by atoms with Crippen molar-refractivity contribution in [1.29, 1.82) is 0 Å². The summed E-state index contributed by atoms with van der Waals surface area (Å²) >= 11 is 6.60. The number of ether oxygens (including phenoxy) is 2. The van der Waals surface area contributed by atoms with Gasteiger partial charge in [0.1, 0.15) is 17.6 Å². The SMILES string of the molecule is O=c1ncc2ccc(-c3c(O)cccc3F)c3c2n1C(CN1CCOCC1)C(Cl)O3. The number of aromatic hydroxyl groups is 1. The van der Waals surface area contributed by atoms with Crippen LogP contribution in [-0.2, 0) is 4.74 Å². The molecule has 156 valence electrons. The van der Waals surface area contributed by atoms with Crippen LogP contribution in [0.1, 0.15) is 6.04 Å². The van der Waals surface area contributed by atoms with Crippen molar-refractivity contribution in [3.63, 3.8) is 0 Å². The molecule has 1 saturated heterocycles. The standard InChI is InChI=1S/C21H19ClFN3O4/c22-20-15(11-25-6-8-29-9-7-25)26-18-12(10-24-21(26)28)4-5-13(19(18)30-20)17-14(23)2-1-3-16(17)27/h1-5,10,15,20,27H,6-9,11H2. The molecule has 9 heteroatoms. The first-order valence-corrected chi connectivity index (χ1v) is 10.1. The van der Waals surface area contributed by atoms with E-state index in [0.717, 1.165) is 13.1 Å². The third kappa shape index (κ3) is 3.12. The first-order chi connectivity index (χ1) is 14.5. The summed E-state index contributed by atoms with van der Waals surface area (Å²) in [6.07, 6.45) is 1.46. The fourth-order valence-corrected chi connectivity index (χ4v) is 4.43. The van der Waals surface area contributed by atoms with Crippen molar-refractivity contribution >= 4 is 22.5 Å². The summed E-state index contributed by atoms with van der Waals surface area (Å²) < 4.78 is 27.6. The summed E-state index contributed by atoms with van der Waals surface area (Å²) in [6, 6.07) is 6.96. The van der Waals surface area contributed by atoms with Crippen LogP contribution in [0, 0.1) is 5.82 Å². The van der Waals surface area contributed by atoms with Crippen LogP contribution >= 0.6 is 11.6 Å². The van der Waals surface area contributed by atoms with Crippen molar-refractivity contribution in [3.05, 3.63) is 52.8 Å². The topological polar surface area (TPSA) is 76.8 Å². The summed E-state index contributed by atoms with van der Waals surface area (Å²) in [5, 5.41) is 11.0. The highest BCUT2D eigenvalue weighted by Gasteiger charge is 2.35. The number of alkyl halides is 1. The zero-order valence-electron chi connectivity index (χ0n) is 15.9. The van der Waals surface area contributed by atoms with Gasteiger partial charge in [-0.05, 0) is 18.2 Å². The minimum Gasteiger partial charge on any atom is -0.507 e. The molecule has 0 spiro atoms. The fourth-order valence-electron chi connectivity index (χ4n) is 4.15. The minimum atomic E-state index is -0.875. The Labute approximate surface area is 176 Å². The van der Waals surface area contributed by atoms with E-state index < -0.39 is 23.1 Å². The maximum atomic E-state index is 14.6. The molecule has 0 saturated carbocycles. The van der Waals surface area contributed by atoms with Gasteiger partial charge in [-0.1, -0.05) is 23.7 Å². The van der Waals surface area contributed by atoms with Crippen molar-refractivity contribution in [3.8, 4) is 22.6 Å². The molecule has 3 heterocycles. The molecule has 2 atom stereocenters. The van der Waals surface area contributed by atoms with Gasteiger partial charge in [0.15, 0.2) is 11.3 Å². The second-order valence-electron chi connectivity index (χ2n) is 7.37. The molecule has 0 amide bonds. The number of hydrogen-bond donors (Lipinski definition) is 1. The second-order valence-corrected chi connectivity index (χ2v) is 7.80. The lowest BCUT2D eigenvalue weighted by atomic mass is 9.99. The molecule has 1 aromatic heterocycles. The Balaban J connectivity index is 1.71. The Kier molecular flexibility index (Phi) is 4.85. The predicted octanol–water partition coefficient (Wildman–Crippen LogP) is 2.74. The van der Waals surface area contributed by atoms with Crippen LogP contribution in [0.15, 0.2) is 41.3 Å². The number of phenols is 1. The molecule has 0 radical (unpaired) electrons. The van der Waals surface area contributed by atoms with Gasteiger partial charge in [0.25, 0.3) is 0 Å². The summed E-state index contributed by atoms with van der Waals surface area (Å²) in [5.41, 5.74) is -0.509. The molecule has 5 rings (SSSR count). The Morgan fingerprint density at radius 3 is 2.80 bits per heavy atom. The van der Waals surface area contributed by atoms with Gasteiger partial charge in [0.05, 0.1) is 24.3 Å². The molecule has 1 N–H and O–H groups in total. The Morgan fingerprint density at radius 2 is 2.03 bits per heavy atom. The maximum absolute atomic E-state index is 14.6. The van der Waals surface area contributed by atoms with E-state index in [1.54, 1.807) is 12.1 Å². The highest BCUT2D eigenvalue weighted by molar-refractivity contribution is 6.20. The van der Waals surface area contributed by atoms with E-state index in [0.29, 0.717) is 36.2 Å². The van der Waals surface area contributed by atoms with Gasteiger partial charge in [0, 0.05) is 36.8 Å². The van der Waals surface area contributed by atoms with Gasteiger partial charge in [-0.2, -0.15) is 0 Å². The number of aromatic nitrogens is 2. The molecule has 3 aromatic rings. The number of nitrogens with zero attached hydrogens (tertiary/aromatic N) is 3. The minimum absolute atomic E-state index is 0.000655. The van der Waals surface area contributed by atoms with Gasteiger partial charge in [-0.3, -0.25) is 9.47 Å². The molecular weight excluding hydrogens is 413 g/mol. The Bertz CT molecular complexity index is 1160. The molecule has 30 heavy (non-hydrogen) atoms. The van der Waals surface area contributed by atoms with E-state index in [4.69, 9.17) is 21.1 Å². The number of phenolic OH excluding ortho intramolecular Hbond substituents is 1. The fraction of sp³-hybridized carbons (Fsp3) is 0.333. The molecule has 2 aromatic carbocycles. The number of morpholine rings is 1. The summed E-state index contributed by atoms with van der Waals surface area (Å²) in [7, 11) is 0. The highest BCUT2D eigenvalue weighted by Crippen LogP contribution is 2.45. The van der Waals surface area contributed by atoms with Crippen LogP contribution in [0.3, 0.4) is 0 Å².